The highest BCUT2D eigenvalue weighted by molar-refractivity contribution is 6.07. The predicted molar refractivity (Wildman–Crippen MR) is 104 cm³/mol. The van der Waals surface area contributed by atoms with E-state index in [1.165, 1.54) is 17.0 Å². The molecule has 162 valence electrons. The Morgan fingerprint density at radius 2 is 1.74 bits per heavy atom. The smallest absolute Gasteiger partial charge is 0.322 e. The average molecular weight is 431 g/mol. The van der Waals surface area contributed by atoms with Gasteiger partial charge in [-0.1, -0.05) is 18.2 Å². The second-order valence-electron chi connectivity index (χ2n) is 7.84. The van der Waals surface area contributed by atoms with Crippen LogP contribution in [0.3, 0.4) is 0 Å². The van der Waals surface area contributed by atoms with Crippen molar-refractivity contribution in [2.75, 3.05) is 13.1 Å². The standard InChI is InChI=1S/C22H20F3N3O3/c23-15-5-6-16(18(25)11-15)19(29)28-9-7-14(8-10-28)22(20(30)26-21(31)27-22)12-13-3-1-2-4-17(13)24/h1-6,11,14H,7-10,12H2,(H2,26,27,30,31)/t22-/m0/s1. The number of carbonyl (C=O) groups excluding carboxylic acids is 3. The molecular formula is C22H20F3N3O3. The Morgan fingerprint density at radius 3 is 2.35 bits per heavy atom. The molecule has 0 aromatic heterocycles. The monoisotopic (exact) mass is 431 g/mol. The summed E-state index contributed by atoms with van der Waals surface area (Å²) in [5.41, 5.74) is -1.27. The number of urea groups is 1. The Morgan fingerprint density at radius 1 is 1.03 bits per heavy atom. The molecule has 2 aromatic rings. The van der Waals surface area contributed by atoms with Gasteiger partial charge in [0.05, 0.1) is 5.56 Å². The molecule has 4 amide bonds. The van der Waals surface area contributed by atoms with Crippen LogP contribution in [0.2, 0.25) is 0 Å². The normalized spacial score (nSPS) is 21.7. The fourth-order valence-corrected chi connectivity index (χ4v) is 4.41. The van der Waals surface area contributed by atoms with Gasteiger partial charge in [-0.25, -0.2) is 18.0 Å². The first kappa shape index (κ1) is 20.9. The zero-order valence-electron chi connectivity index (χ0n) is 16.5. The zero-order chi connectivity index (χ0) is 22.2. The van der Waals surface area contributed by atoms with E-state index in [-0.39, 0.29) is 31.0 Å². The van der Waals surface area contributed by atoms with Crippen LogP contribution in [0.25, 0.3) is 0 Å². The number of benzene rings is 2. The first-order valence-corrected chi connectivity index (χ1v) is 9.91. The van der Waals surface area contributed by atoms with Gasteiger partial charge in [-0.3, -0.25) is 14.9 Å². The summed E-state index contributed by atoms with van der Waals surface area (Å²) < 4.78 is 41.4. The third-order valence-electron chi connectivity index (χ3n) is 6.04. The SMILES string of the molecule is O=C1NC(=O)[C@](Cc2ccccc2F)(C2CCN(C(=O)c3ccc(F)cc3F)CC2)N1. The summed E-state index contributed by atoms with van der Waals surface area (Å²) in [6.45, 7) is 0.422. The van der Waals surface area contributed by atoms with E-state index >= 15 is 0 Å². The molecule has 2 aliphatic heterocycles. The molecule has 0 radical (unpaired) electrons. The number of piperidine rings is 1. The van der Waals surface area contributed by atoms with Crippen LogP contribution >= 0.6 is 0 Å². The summed E-state index contributed by atoms with van der Waals surface area (Å²) >= 11 is 0. The van der Waals surface area contributed by atoms with Crippen molar-refractivity contribution in [3.63, 3.8) is 0 Å². The van der Waals surface area contributed by atoms with Gasteiger partial charge in [0.1, 0.15) is 23.0 Å². The van der Waals surface area contributed by atoms with Crippen molar-refractivity contribution in [3.8, 4) is 0 Å². The number of hydrogen-bond donors (Lipinski definition) is 2. The summed E-state index contributed by atoms with van der Waals surface area (Å²) in [6, 6.07) is 8.17. The Balaban J connectivity index is 1.53. The van der Waals surface area contributed by atoms with Gasteiger partial charge in [-0.05, 0) is 42.5 Å². The predicted octanol–water partition coefficient (Wildman–Crippen LogP) is 2.78. The molecule has 31 heavy (non-hydrogen) atoms. The molecule has 2 N–H and O–H groups in total. The molecule has 0 saturated carbocycles. The maximum Gasteiger partial charge on any atom is 0.322 e. The zero-order valence-corrected chi connectivity index (χ0v) is 16.5. The molecule has 2 heterocycles. The summed E-state index contributed by atoms with van der Waals surface area (Å²) in [7, 11) is 0. The molecule has 0 spiro atoms. The third kappa shape index (κ3) is 3.87. The maximum atomic E-state index is 14.3. The highest BCUT2D eigenvalue weighted by atomic mass is 19.1. The van der Waals surface area contributed by atoms with Crippen molar-refractivity contribution in [1.29, 1.82) is 0 Å². The van der Waals surface area contributed by atoms with E-state index in [0.717, 1.165) is 12.1 Å². The number of nitrogens with one attached hydrogen (secondary N) is 2. The van der Waals surface area contributed by atoms with Crippen LogP contribution < -0.4 is 10.6 Å². The number of likely N-dealkylation sites (tertiary alicyclic amines) is 1. The van der Waals surface area contributed by atoms with Crippen molar-refractivity contribution in [3.05, 3.63) is 71.0 Å². The molecule has 1 atom stereocenters. The first-order chi connectivity index (χ1) is 14.8. The molecule has 2 aliphatic rings. The molecular weight excluding hydrogens is 411 g/mol. The quantitative estimate of drug-likeness (QED) is 0.731. The van der Waals surface area contributed by atoms with Crippen molar-refractivity contribution in [1.82, 2.24) is 15.5 Å². The van der Waals surface area contributed by atoms with Crippen LogP contribution in [-0.2, 0) is 11.2 Å². The second kappa shape index (κ2) is 8.05. The van der Waals surface area contributed by atoms with Crippen LogP contribution in [0.5, 0.6) is 0 Å². The van der Waals surface area contributed by atoms with Crippen molar-refractivity contribution in [2.24, 2.45) is 5.92 Å². The minimum atomic E-state index is -1.34. The van der Waals surface area contributed by atoms with Gasteiger partial charge in [-0.2, -0.15) is 0 Å². The van der Waals surface area contributed by atoms with E-state index in [2.05, 4.69) is 10.6 Å². The molecule has 2 fully saturated rings. The van der Waals surface area contributed by atoms with Gasteiger partial charge in [0.25, 0.3) is 11.8 Å². The van der Waals surface area contributed by atoms with Crippen molar-refractivity contribution in [2.45, 2.75) is 24.8 Å². The van der Waals surface area contributed by atoms with E-state index in [9.17, 15) is 27.6 Å². The summed E-state index contributed by atoms with van der Waals surface area (Å²) in [5.74, 6) is -3.65. The number of halogens is 3. The van der Waals surface area contributed by atoms with Gasteiger partial charge in [0.15, 0.2) is 0 Å². The number of amides is 4. The highest BCUT2D eigenvalue weighted by Crippen LogP contribution is 2.35. The average Bonchev–Trinajstić information content (AvgIpc) is 3.03. The molecule has 2 aromatic carbocycles. The highest BCUT2D eigenvalue weighted by Gasteiger charge is 2.52. The number of rotatable bonds is 4. The van der Waals surface area contributed by atoms with Gasteiger partial charge in [0, 0.05) is 25.6 Å². The van der Waals surface area contributed by atoms with Crippen LogP contribution in [0, 0.1) is 23.4 Å². The van der Waals surface area contributed by atoms with Crippen molar-refractivity contribution >= 4 is 17.8 Å². The third-order valence-corrected chi connectivity index (χ3v) is 6.04. The number of imide groups is 1. The van der Waals surface area contributed by atoms with Crippen LogP contribution in [0.15, 0.2) is 42.5 Å². The fourth-order valence-electron chi connectivity index (χ4n) is 4.41. The number of nitrogens with zero attached hydrogens (tertiary/aromatic N) is 1. The molecule has 4 rings (SSSR count). The van der Waals surface area contributed by atoms with Crippen molar-refractivity contribution < 1.29 is 27.6 Å². The lowest BCUT2D eigenvalue weighted by Crippen LogP contribution is -2.58. The summed E-state index contributed by atoms with van der Waals surface area (Å²) in [6.07, 6.45) is 0.663. The topological polar surface area (TPSA) is 78.5 Å². The molecule has 2 saturated heterocycles. The van der Waals surface area contributed by atoms with E-state index in [0.29, 0.717) is 24.5 Å². The molecule has 6 nitrogen and oxygen atoms in total. The lowest BCUT2D eigenvalue weighted by atomic mass is 9.74. The lowest BCUT2D eigenvalue weighted by molar-refractivity contribution is -0.126. The number of hydrogen-bond acceptors (Lipinski definition) is 3. The van der Waals surface area contributed by atoms with Crippen LogP contribution in [0.1, 0.15) is 28.8 Å². The Kier molecular flexibility index (Phi) is 5.43. The number of carbonyl (C=O) groups is 3. The largest absolute Gasteiger partial charge is 0.339 e. The Hall–Kier alpha value is -3.36. The fraction of sp³-hybridized carbons (Fsp3) is 0.318. The van der Waals surface area contributed by atoms with E-state index < -0.39 is 40.8 Å². The van der Waals surface area contributed by atoms with E-state index in [1.807, 2.05) is 0 Å². The Labute approximate surface area is 176 Å². The molecule has 0 unspecified atom stereocenters. The first-order valence-electron chi connectivity index (χ1n) is 9.91. The molecule has 9 heteroatoms. The lowest BCUT2D eigenvalue weighted by Gasteiger charge is -2.40. The minimum Gasteiger partial charge on any atom is -0.339 e. The van der Waals surface area contributed by atoms with Crippen LogP contribution in [0.4, 0.5) is 18.0 Å². The minimum absolute atomic E-state index is 0.0253. The summed E-state index contributed by atoms with van der Waals surface area (Å²) in [5, 5.41) is 4.92. The van der Waals surface area contributed by atoms with Gasteiger partial charge >= 0.3 is 6.03 Å². The van der Waals surface area contributed by atoms with Gasteiger partial charge in [0.2, 0.25) is 0 Å². The Bertz CT molecular complexity index is 1050. The molecule has 0 aliphatic carbocycles. The van der Waals surface area contributed by atoms with Gasteiger partial charge in [-0.15, -0.1) is 0 Å². The molecule has 0 bridgehead atoms. The second-order valence-corrected chi connectivity index (χ2v) is 7.84. The maximum absolute atomic E-state index is 14.3. The summed E-state index contributed by atoms with van der Waals surface area (Å²) in [4.78, 5) is 38.8. The van der Waals surface area contributed by atoms with E-state index in [1.54, 1.807) is 12.1 Å². The van der Waals surface area contributed by atoms with Crippen LogP contribution in [-0.4, -0.2) is 41.4 Å². The van der Waals surface area contributed by atoms with E-state index in [4.69, 9.17) is 0 Å². The van der Waals surface area contributed by atoms with Gasteiger partial charge < -0.3 is 10.2 Å².